The van der Waals surface area contributed by atoms with Crippen LogP contribution in [0.1, 0.15) is 26.2 Å². The van der Waals surface area contributed by atoms with Crippen LogP contribution in [0, 0.1) is 0 Å². The smallest absolute Gasteiger partial charge is 0.388 e. The molecular weight excluding hydrogens is 334 g/mol. The Morgan fingerprint density at radius 1 is 1.32 bits per heavy atom. The van der Waals surface area contributed by atoms with Crippen LogP contribution < -0.4 is 20.1 Å². The molecule has 8 nitrogen and oxygen atoms in total. The lowest BCUT2D eigenvalue weighted by atomic mass is 10.1. The third-order valence-corrected chi connectivity index (χ3v) is 3.74. The minimum atomic E-state index is -2.93. The van der Waals surface area contributed by atoms with Gasteiger partial charge < -0.3 is 20.1 Å². The Hall–Kier alpha value is -2.49. The van der Waals surface area contributed by atoms with Crippen molar-refractivity contribution >= 4 is 11.6 Å². The van der Waals surface area contributed by atoms with Crippen LogP contribution in [-0.4, -0.2) is 45.5 Å². The molecule has 1 saturated heterocycles. The van der Waals surface area contributed by atoms with Crippen LogP contribution in [0.3, 0.4) is 0 Å². The van der Waals surface area contributed by atoms with E-state index >= 15 is 0 Å². The van der Waals surface area contributed by atoms with E-state index in [9.17, 15) is 8.78 Å². The standard InChI is InChI=1S/C15H20F2N6O2/c1-9-5-10(3-2-4-19-9)24-14-8-18-7-12(21-14)20-11-6-13(23-22-11)25-15(16)17/h6-10,15,19H,2-5H2,1H3,(H2,20,21,22,23)/t9-,10?/m1/s1. The number of rotatable bonds is 6. The second-order valence-corrected chi connectivity index (χ2v) is 5.84. The van der Waals surface area contributed by atoms with Gasteiger partial charge in [-0.1, -0.05) is 0 Å². The lowest BCUT2D eigenvalue weighted by Crippen LogP contribution is -2.28. The zero-order chi connectivity index (χ0) is 17.6. The van der Waals surface area contributed by atoms with Crippen molar-refractivity contribution in [3.63, 3.8) is 0 Å². The van der Waals surface area contributed by atoms with Crippen molar-refractivity contribution in [2.75, 3.05) is 11.9 Å². The molecule has 0 saturated carbocycles. The van der Waals surface area contributed by atoms with Crippen molar-refractivity contribution < 1.29 is 18.3 Å². The molecule has 0 spiro atoms. The second-order valence-electron chi connectivity index (χ2n) is 5.84. The number of aromatic amines is 1. The summed E-state index contributed by atoms with van der Waals surface area (Å²) in [7, 11) is 0. The lowest BCUT2D eigenvalue weighted by Gasteiger charge is -2.18. The Labute approximate surface area is 143 Å². The molecule has 0 amide bonds. The quantitative estimate of drug-likeness (QED) is 0.733. The summed E-state index contributed by atoms with van der Waals surface area (Å²) in [6.07, 6.45) is 6.01. The maximum absolute atomic E-state index is 12.1. The summed E-state index contributed by atoms with van der Waals surface area (Å²) in [5.41, 5.74) is 0. The summed E-state index contributed by atoms with van der Waals surface area (Å²) < 4.78 is 34.4. The molecule has 0 aliphatic carbocycles. The molecule has 1 aliphatic heterocycles. The van der Waals surface area contributed by atoms with Gasteiger partial charge >= 0.3 is 6.61 Å². The molecule has 0 bridgehead atoms. The van der Waals surface area contributed by atoms with Crippen LogP contribution in [-0.2, 0) is 0 Å². The van der Waals surface area contributed by atoms with Crippen molar-refractivity contribution in [3.05, 3.63) is 18.5 Å². The molecule has 2 atom stereocenters. The average Bonchev–Trinajstić information content (AvgIpc) is 2.87. The minimum Gasteiger partial charge on any atom is -0.473 e. The van der Waals surface area contributed by atoms with Crippen molar-refractivity contribution in [3.8, 4) is 11.8 Å². The van der Waals surface area contributed by atoms with E-state index in [1.54, 1.807) is 6.20 Å². The van der Waals surface area contributed by atoms with Crippen LogP contribution in [0.5, 0.6) is 11.8 Å². The van der Waals surface area contributed by atoms with E-state index in [-0.39, 0.29) is 12.0 Å². The number of nitrogens with one attached hydrogen (secondary N) is 3. The number of alkyl halides is 2. The first-order chi connectivity index (χ1) is 12.1. The van der Waals surface area contributed by atoms with Gasteiger partial charge in [-0.15, -0.1) is 5.10 Å². The van der Waals surface area contributed by atoms with Crippen LogP contribution in [0.25, 0.3) is 0 Å². The number of halogens is 2. The first kappa shape index (κ1) is 17.3. The summed E-state index contributed by atoms with van der Waals surface area (Å²) in [5, 5.41) is 12.5. The third kappa shape index (κ3) is 5.24. The summed E-state index contributed by atoms with van der Waals surface area (Å²) in [4.78, 5) is 8.43. The molecule has 0 aromatic carbocycles. The Kier molecular flexibility index (Phi) is 5.59. The highest BCUT2D eigenvalue weighted by Crippen LogP contribution is 2.21. The van der Waals surface area contributed by atoms with E-state index in [1.165, 1.54) is 12.3 Å². The zero-order valence-corrected chi connectivity index (χ0v) is 13.7. The number of hydrogen-bond donors (Lipinski definition) is 3. The molecule has 1 fully saturated rings. The Bertz CT molecular complexity index is 684. The maximum Gasteiger partial charge on any atom is 0.388 e. The highest BCUT2D eigenvalue weighted by atomic mass is 19.3. The summed E-state index contributed by atoms with van der Waals surface area (Å²) in [5.74, 6) is 0.962. The number of ether oxygens (including phenoxy) is 2. The van der Waals surface area contributed by atoms with Crippen LogP contribution in [0.15, 0.2) is 18.5 Å². The second kappa shape index (κ2) is 8.06. The molecule has 2 aromatic rings. The fourth-order valence-electron chi connectivity index (χ4n) is 2.67. The lowest BCUT2D eigenvalue weighted by molar-refractivity contribution is -0.0528. The van der Waals surface area contributed by atoms with Gasteiger partial charge in [-0.25, -0.2) is 0 Å². The predicted octanol–water partition coefficient (Wildman–Crippen LogP) is 2.45. The Morgan fingerprint density at radius 2 is 2.20 bits per heavy atom. The van der Waals surface area contributed by atoms with Gasteiger partial charge in [0.15, 0.2) is 5.82 Å². The monoisotopic (exact) mass is 354 g/mol. The van der Waals surface area contributed by atoms with E-state index in [0.717, 1.165) is 25.8 Å². The highest BCUT2D eigenvalue weighted by molar-refractivity contribution is 5.51. The van der Waals surface area contributed by atoms with Gasteiger partial charge in [-0.2, -0.15) is 13.8 Å². The number of aromatic nitrogens is 4. The van der Waals surface area contributed by atoms with Crippen LogP contribution in [0.4, 0.5) is 20.4 Å². The molecule has 25 heavy (non-hydrogen) atoms. The van der Waals surface area contributed by atoms with Crippen molar-refractivity contribution in [1.82, 2.24) is 25.5 Å². The molecule has 2 aromatic heterocycles. The van der Waals surface area contributed by atoms with Crippen molar-refractivity contribution in [2.45, 2.75) is 44.9 Å². The predicted molar refractivity (Wildman–Crippen MR) is 86.3 cm³/mol. The fourth-order valence-corrected chi connectivity index (χ4v) is 2.67. The van der Waals surface area contributed by atoms with Gasteiger partial charge in [-0.05, 0) is 32.7 Å². The topological polar surface area (TPSA) is 97.0 Å². The van der Waals surface area contributed by atoms with Gasteiger partial charge in [0.05, 0.1) is 12.4 Å². The summed E-state index contributed by atoms with van der Waals surface area (Å²) >= 11 is 0. The largest absolute Gasteiger partial charge is 0.473 e. The fraction of sp³-hybridized carbons (Fsp3) is 0.533. The first-order valence-electron chi connectivity index (χ1n) is 8.08. The molecule has 10 heteroatoms. The van der Waals surface area contributed by atoms with E-state index < -0.39 is 6.61 Å². The Morgan fingerprint density at radius 3 is 3.04 bits per heavy atom. The molecule has 3 heterocycles. The van der Waals surface area contributed by atoms with Crippen LogP contribution >= 0.6 is 0 Å². The summed E-state index contributed by atoms with van der Waals surface area (Å²) in [6.45, 7) is 0.184. The van der Waals surface area contributed by atoms with E-state index in [0.29, 0.717) is 23.6 Å². The van der Waals surface area contributed by atoms with Crippen LogP contribution in [0.2, 0.25) is 0 Å². The maximum atomic E-state index is 12.1. The molecule has 136 valence electrons. The number of nitrogens with zero attached hydrogens (tertiary/aromatic N) is 3. The SMILES string of the molecule is C[C@@H]1CC(Oc2cncc(Nc3cc(OC(F)F)n[nH]3)n2)CCCN1. The van der Waals surface area contributed by atoms with E-state index in [4.69, 9.17) is 4.74 Å². The zero-order valence-electron chi connectivity index (χ0n) is 13.7. The minimum absolute atomic E-state index is 0.0766. The average molecular weight is 354 g/mol. The van der Waals surface area contributed by atoms with Gasteiger partial charge in [-0.3, -0.25) is 10.1 Å². The van der Waals surface area contributed by atoms with Gasteiger partial charge in [0, 0.05) is 12.1 Å². The molecule has 3 N–H and O–H groups in total. The third-order valence-electron chi connectivity index (χ3n) is 3.74. The summed E-state index contributed by atoms with van der Waals surface area (Å²) in [6, 6.07) is 1.69. The molecule has 1 aliphatic rings. The van der Waals surface area contributed by atoms with E-state index in [1.807, 2.05) is 0 Å². The number of H-pyrrole nitrogens is 1. The van der Waals surface area contributed by atoms with Gasteiger partial charge in [0.25, 0.3) is 0 Å². The van der Waals surface area contributed by atoms with E-state index in [2.05, 4.69) is 42.5 Å². The molecule has 3 rings (SSSR count). The number of anilines is 2. The first-order valence-corrected chi connectivity index (χ1v) is 8.08. The molecule has 0 radical (unpaired) electrons. The molecular formula is C15H20F2N6O2. The van der Waals surface area contributed by atoms with Crippen molar-refractivity contribution in [2.24, 2.45) is 0 Å². The molecule has 1 unspecified atom stereocenters. The van der Waals surface area contributed by atoms with Gasteiger partial charge in [0.1, 0.15) is 11.9 Å². The highest BCUT2D eigenvalue weighted by Gasteiger charge is 2.19. The normalized spacial score (nSPS) is 21.0. The van der Waals surface area contributed by atoms with Crippen molar-refractivity contribution in [1.29, 1.82) is 0 Å². The van der Waals surface area contributed by atoms with Gasteiger partial charge in [0.2, 0.25) is 11.8 Å². The Balaban J connectivity index is 1.62. The number of hydrogen-bond acceptors (Lipinski definition) is 7.